The molecule has 3 rings (SSSR count). The highest BCUT2D eigenvalue weighted by Crippen LogP contribution is 2.23. The molecular weight excluding hydrogens is 274 g/mol. The van der Waals surface area contributed by atoms with E-state index in [4.69, 9.17) is 4.74 Å². The summed E-state index contributed by atoms with van der Waals surface area (Å²) in [5.41, 5.74) is 0.562. The lowest BCUT2D eigenvalue weighted by atomic mass is 10.3. The van der Waals surface area contributed by atoms with Crippen LogP contribution in [0, 0.1) is 0 Å². The molecule has 0 unspecified atom stereocenters. The number of pyridine rings is 1. The van der Waals surface area contributed by atoms with Gasteiger partial charge in [-0.15, -0.1) is 0 Å². The average molecular weight is 285 g/mol. The third-order valence-electron chi connectivity index (χ3n) is 2.74. The summed E-state index contributed by atoms with van der Waals surface area (Å²) < 4.78 is 5.10. The van der Waals surface area contributed by atoms with Crippen molar-refractivity contribution in [1.29, 1.82) is 0 Å². The molecule has 1 N–H and O–H groups in total. The molecule has 0 fully saturated rings. The van der Waals surface area contributed by atoms with E-state index >= 15 is 0 Å². The summed E-state index contributed by atoms with van der Waals surface area (Å²) in [7, 11) is 1.62. The van der Waals surface area contributed by atoms with Gasteiger partial charge in [-0.05, 0) is 36.4 Å². The summed E-state index contributed by atoms with van der Waals surface area (Å²) >= 11 is 1.34. The van der Waals surface area contributed by atoms with Crippen LogP contribution in [0.1, 0.15) is 0 Å². The highest BCUT2D eigenvalue weighted by molar-refractivity contribution is 7.21. The zero-order chi connectivity index (χ0) is 13.9. The smallest absolute Gasteiger partial charge is 0.282 e. The Morgan fingerprint density at radius 2 is 2.00 bits per heavy atom. The number of ether oxygens (including phenoxy) is 1. The number of methoxy groups -OCH3 is 1. The quantitative estimate of drug-likeness (QED) is 0.801. The molecule has 3 aromatic rings. The van der Waals surface area contributed by atoms with E-state index < -0.39 is 0 Å². The van der Waals surface area contributed by atoms with Crippen molar-refractivity contribution in [3.63, 3.8) is 0 Å². The van der Waals surface area contributed by atoms with Gasteiger partial charge in [0.1, 0.15) is 10.6 Å². The van der Waals surface area contributed by atoms with Gasteiger partial charge < -0.3 is 10.1 Å². The molecule has 20 heavy (non-hydrogen) atoms. The molecule has 0 amide bonds. The van der Waals surface area contributed by atoms with Gasteiger partial charge in [-0.3, -0.25) is 4.79 Å². The summed E-state index contributed by atoms with van der Waals surface area (Å²) in [5.74, 6) is 0.775. The fourth-order valence-corrected chi connectivity index (χ4v) is 2.61. The minimum Gasteiger partial charge on any atom is -0.497 e. The van der Waals surface area contributed by atoms with Gasteiger partial charge in [0.2, 0.25) is 0 Å². The van der Waals surface area contributed by atoms with Gasteiger partial charge >= 0.3 is 0 Å². The van der Waals surface area contributed by atoms with E-state index in [1.165, 1.54) is 11.3 Å². The number of aromatic nitrogens is 2. The maximum atomic E-state index is 11.9. The zero-order valence-electron chi connectivity index (χ0n) is 10.7. The fourth-order valence-electron chi connectivity index (χ4n) is 1.75. The number of fused-ring (bicyclic) bond motifs is 1. The number of nitrogens with one attached hydrogen (secondary N) is 1. The highest BCUT2D eigenvalue weighted by atomic mass is 32.1. The summed E-state index contributed by atoms with van der Waals surface area (Å²) in [6, 6.07) is 10.9. The largest absolute Gasteiger partial charge is 0.497 e. The van der Waals surface area contributed by atoms with Crippen LogP contribution in [0.25, 0.3) is 10.2 Å². The van der Waals surface area contributed by atoms with E-state index in [2.05, 4.69) is 15.3 Å². The lowest BCUT2D eigenvalue weighted by Crippen LogP contribution is -2.07. The van der Waals surface area contributed by atoms with Crippen LogP contribution >= 0.6 is 11.3 Å². The maximum absolute atomic E-state index is 11.9. The molecule has 0 saturated heterocycles. The van der Waals surface area contributed by atoms with Gasteiger partial charge in [-0.25, -0.2) is 4.98 Å². The molecule has 0 radical (unpaired) electrons. The number of nitrogens with zero attached hydrogens (tertiary/aromatic N) is 2. The molecule has 0 bridgehead atoms. The zero-order valence-corrected chi connectivity index (χ0v) is 11.5. The third kappa shape index (κ3) is 2.46. The van der Waals surface area contributed by atoms with Crippen LogP contribution < -0.4 is 15.6 Å². The SMILES string of the molecule is COc1ccc(Nc2nc(=O)c3cccnc3s2)cc1. The number of hydrogen-bond acceptors (Lipinski definition) is 6. The van der Waals surface area contributed by atoms with Crippen molar-refractivity contribution < 1.29 is 4.74 Å². The first-order chi connectivity index (χ1) is 9.76. The van der Waals surface area contributed by atoms with Crippen LogP contribution in [-0.2, 0) is 0 Å². The van der Waals surface area contributed by atoms with Gasteiger partial charge in [-0.2, -0.15) is 4.98 Å². The third-order valence-corrected chi connectivity index (χ3v) is 3.64. The van der Waals surface area contributed by atoms with Crippen molar-refractivity contribution >= 4 is 32.4 Å². The van der Waals surface area contributed by atoms with E-state index in [-0.39, 0.29) is 5.56 Å². The Morgan fingerprint density at radius 1 is 1.20 bits per heavy atom. The second kappa shape index (κ2) is 5.26. The molecule has 100 valence electrons. The van der Waals surface area contributed by atoms with Gasteiger partial charge in [0.05, 0.1) is 12.5 Å². The Kier molecular flexibility index (Phi) is 3.30. The lowest BCUT2D eigenvalue weighted by molar-refractivity contribution is 0.415. The molecule has 0 atom stereocenters. The van der Waals surface area contributed by atoms with Crippen LogP contribution in [0.15, 0.2) is 47.4 Å². The number of anilines is 2. The molecule has 0 aliphatic heterocycles. The monoisotopic (exact) mass is 285 g/mol. The van der Waals surface area contributed by atoms with Gasteiger partial charge in [0, 0.05) is 11.9 Å². The second-order valence-electron chi connectivity index (χ2n) is 4.03. The Hall–Kier alpha value is -2.47. The topological polar surface area (TPSA) is 64.1 Å². The summed E-state index contributed by atoms with van der Waals surface area (Å²) in [4.78, 5) is 20.8. The molecule has 5 nitrogen and oxygen atoms in total. The van der Waals surface area contributed by atoms with Crippen LogP contribution in [0.4, 0.5) is 10.8 Å². The van der Waals surface area contributed by atoms with E-state index in [0.29, 0.717) is 15.3 Å². The molecule has 0 saturated carbocycles. The summed E-state index contributed by atoms with van der Waals surface area (Å²) in [6.07, 6.45) is 1.66. The average Bonchev–Trinajstić information content (AvgIpc) is 2.48. The first-order valence-corrected chi connectivity index (χ1v) is 6.75. The van der Waals surface area contributed by atoms with Gasteiger partial charge in [-0.1, -0.05) is 11.3 Å². The van der Waals surface area contributed by atoms with Crippen molar-refractivity contribution in [1.82, 2.24) is 9.97 Å². The first kappa shape index (κ1) is 12.6. The predicted molar refractivity (Wildman–Crippen MR) is 80.0 cm³/mol. The van der Waals surface area contributed by atoms with Gasteiger partial charge in [0.15, 0.2) is 5.13 Å². The Balaban J connectivity index is 1.96. The standard InChI is InChI=1S/C14H11N3O2S/c1-19-10-6-4-9(5-7-10)16-14-17-12(18)11-3-2-8-15-13(11)20-14/h2-8H,1H3,(H,16,17,18). The molecule has 2 heterocycles. The summed E-state index contributed by atoms with van der Waals surface area (Å²) in [5, 5.41) is 4.16. The Morgan fingerprint density at radius 3 is 2.75 bits per heavy atom. The first-order valence-electron chi connectivity index (χ1n) is 5.93. The normalized spacial score (nSPS) is 10.4. The Labute approximate surface area is 118 Å². The molecule has 0 aliphatic carbocycles. The van der Waals surface area contributed by atoms with Crippen molar-refractivity contribution in [2.75, 3.05) is 12.4 Å². The minimum absolute atomic E-state index is 0.275. The van der Waals surface area contributed by atoms with Crippen molar-refractivity contribution in [2.45, 2.75) is 0 Å². The number of hydrogen-bond donors (Lipinski definition) is 1. The molecule has 0 spiro atoms. The molecule has 6 heteroatoms. The molecule has 2 aromatic heterocycles. The molecule has 1 aromatic carbocycles. The maximum Gasteiger partial charge on any atom is 0.282 e. The second-order valence-corrected chi connectivity index (χ2v) is 5.01. The lowest BCUT2D eigenvalue weighted by Gasteiger charge is -2.06. The molecular formula is C14H11N3O2S. The number of benzene rings is 1. The van der Waals surface area contributed by atoms with Crippen molar-refractivity contribution in [3.05, 3.63) is 52.9 Å². The van der Waals surface area contributed by atoms with E-state index in [0.717, 1.165) is 11.4 Å². The number of rotatable bonds is 3. The van der Waals surface area contributed by atoms with Crippen molar-refractivity contribution in [3.8, 4) is 5.75 Å². The van der Waals surface area contributed by atoms with E-state index in [9.17, 15) is 4.79 Å². The van der Waals surface area contributed by atoms with Gasteiger partial charge in [0.25, 0.3) is 5.56 Å². The van der Waals surface area contributed by atoms with E-state index in [1.807, 2.05) is 24.3 Å². The van der Waals surface area contributed by atoms with Crippen LogP contribution in [0.3, 0.4) is 0 Å². The molecule has 0 aliphatic rings. The Bertz CT molecular complexity index is 799. The van der Waals surface area contributed by atoms with Crippen LogP contribution in [0.5, 0.6) is 5.75 Å². The van der Waals surface area contributed by atoms with E-state index in [1.54, 1.807) is 25.4 Å². The van der Waals surface area contributed by atoms with Crippen LogP contribution in [0.2, 0.25) is 0 Å². The van der Waals surface area contributed by atoms with Crippen LogP contribution in [-0.4, -0.2) is 17.1 Å². The van der Waals surface area contributed by atoms with Crippen molar-refractivity contribution in [2.24, 2.45) is 0 Å². The predicted octanol–water partition coefficient (Wildman–Crippen LogP) is 2.80. The fraction of sp³-hybridized carbons (Fsp3) is 0.0714. The highest BCUT2D eigenvalue weighted by Gasteiger charge is 2.05. The minimum atomic E-state index is -0.275. The summed E-state index contributed by atoms with van der Waals surface area (Å²) in [6.45, 7) is 0.